The molecule has 6 nitrogen and oxygen atoms in total. The van der Waals surface area contributed by atoms with E-state index in [1.165, 1.54) is 6.42 Å². The molecule has 18 heavy (non-hydrogen) atoms. The second kappa shape index (κ2) is 4.20. The van der Waals surface area contributed by atoms with Crippen LogP contribution in [0, 0.1) is 5.41 Å². The van der Waals surface area contributed by atoms with Gasteiger partial charge in [0, 0.05) is 12.4 Å². The molecule has 6 heteroatoms. The zero-order chi connectivity index (χ0) is 12.6. The molecule has 1 saturated heterocycles. The molecule has 3 heterocycles. The maximum absolute atomic E-state index is 5.38. The summed E-state index contributed by atoms with van der Waals surface area (Å²) in [6.07, 6.45) is 5.76. The quantitative estimate of drug-likeness (QED) is 0.847. The topological polar surface area (TPSA) is 79.6 Å². The Bertz CT molecular complexity index is 516. The average molecular weight is 247 g/mol. The highest BCUT2D eigenvalue weighted by Crippen LogP contribution is 2.39. The van der Waals surface area contributed by atoms with Crippen molar-refractivity contribution < 1.29 is 4.52 Å². The van der Waals surface area contributed by atoms with E-state index in [1.807, 2.05) is 0 Å². The standard InChI is InChI=1S/C12H17N5O/c1-12(2)4-3-5-13-8(12)11-16-10(17-18-11)9-14-6-7-15-9/h6-8,13H,3-5H2,1-2H3,(H,14,15). The first-order chi connectivity index (χ1) is 8.67. The van der Waals surface area contributed by atoms with Crippen LogP contribution in [0.15, 0.2) is 16.9 Å². The molecule has 2 aromatic heterocycles. The molecule has 0 bridgehead atoms. The van der Waals surface area contributed by atoms with Crippen molar-refractivity contribution in [3.63, 3.8) is 0 Å². The van der Waals surface area contributed by atoms with Crippen molar-refractivity contribution in [1.29, 1.82) is 0 Å². The third-order valence-electron chi connectivity index (χ3n) is 3.53. The van der Waals surface area contributed by atoms with Gasteiger partial charge in [-0.1, -0.05) is 19.0 Å². The summed E-state index contributed by atoms with van der Waals surface area (Å²) < 4.78 is 5.38. The van der Waals surface area contributed by atoms with Crippen molar-refractivity contribution in [2.45, 2.75) is 32.7 Å². The lowest BCUT2D eigenvalue weighted by Gasteiger charge is -2.36. The number of piperidine rings is 1. The monoisotopic (exact) mass is 247 g/mol. The van der Waals surface area contributed by atoms with Crippen molar-refractivity contribution in [2.24, 2.45) is 5.41 Å². The molecule has 0 aliphatic carbocycles. The molecule has 2 aromatic rings. The lowest BCUT2D eigenvalue weighted by atomic mass is 9.77. The summed E-state index contributed by atoms with van der Waals surface area (Å²) in [6, 6.07) is 0.113. The van der Waals surface area contributed by atoms with Crippen LogP contribution in [0.1, 0.15) is 38.6 Å². The largest absolute Gasteiger partial charge is 0.342 e. The van der Waals surface area contributed by atoms with Crippen LogP contribution in [0.3, 0.4) is 0 Å². The Balaban J connectivity index is 1.89. The van der Waals surface area contributed by atoms with Gasteiger partial charge >= 0.3 is 0 Å². The van der Waals surface area contributed by atoms with E-state index in [0.29, 0.717) is 17.5 Å². The summed E-state index contributed by atoms with van der Waals surface area (Å²) in [5, 5.41) is 7.44. The van der Waals surface area contributed by atoms with E-state index >= 15 is 0 Å². The molecule has 1 atom stereocenters. The predicted molar refractivity (Wildman–Crippen MR) is 65.6 cm³/mol. The van der Waals surface area contributed by atoms with Crippen LogP contribution in [-0.2, 0) is 0 Å². The van der Waals surface area contributed by atoms with Gasteiger partial charge in [-0.25, -0.2) is 4.98 Å². The van der Waals surface area contributed by atoms with E-state index in [4.69, 9.17) is 4.52 Å². The van der Waals surface area contributed by atoms with Crippen molar-refractivity contribution in [3.05, 3.63) is 18.3 Å². The molecule has 1 unspecified atom stereocenters. The summed E-state index contributed by atoms with van der Waals surface area (Å²) in [6.45, 7) is 5.44. The number of H-pyrrole nitrogens is 1. The molecule has 0 radical (unpaired) electrons. The van der Waals surface area contributed by atoms with E-state index < -0.39 is 0 Å². The maximum atomic E-state index is 5.38. The second-order valence-electron chi connectivity index (χ2n) is 5.37. The van der Waals surface area contributed by atoms with E-state index in [-0.39, 0.29) is 11.5 Å². The Morgan fingerprint density at radius 2 is 2.33 bits per heavy atom. The third kappa shape index (κ3) is 1.92. The highest BCUT2D eigenvalue weighted by Gasteiger charge is 2.37. The fraction of sp³-hybridized carbons (Fsp3) is 0.583. The fourth-order valence-corrected chi connectivity index (χ4v) is 2.47. The number of rotatable bonds is 2. The smallest absolute Gasteiger partial charge is 0.244 e. The van der Waals surface area contributed by atoms with Crippen LogP contribution in [0.2, 0.25) is 0 Å². The number of nitrogens with one attached hydrogen (secondary N) is 2. The number of aromatic amines is 1. The third-order valence-corrected chi connectivity index (χ3v) is 3.53. The van der Waals surface area contributed by atoms with Gasteiger partial charge < -0.3 is 14.8 Å². The average Bonchev–Trinajstić information content (AvgIpc) is 2.99. The number of aromatic nitrogens is 4. The highest BCUT2D eigenvalue weighted by molar-refractivity contribution is 5.40. The van der Waals surface area contributed by atoms with Crippen molar-refractivity contribution in [2.75, 3.05) is 6.54 Å². The van der Waals surface area contributed by atoms with Gasteiger partial charge in [0.2, 0.25) is 11.7 Å². The van der Waals surface area contributed by atoms with Crippen LogP contribution in [0.25, 0.3) is 11.6 Å². The summed E-state index contributed by atoms with van der Waals surface area (Å²) in [5.41, 5.74) is 0.130. The molecule has 1 aliphatic rings. The molecular formula is C12H17N5O. The molecule has 0 aromatic carbocycles. The predicted octanol–water partition coefficient (Wildman–Crippen LogP) is 1.91. The normalized spacial score (nSPS) is 23.1. The Hall–Kier alpha value is -1.69. The molecule has 96 valence electrons. The minimum Gasteiger partial charge on any atom is -0.342 e. The Labute approximate surface area is 105 Å². The first-order valence-corrected chi connectivity index (χ1v) is 6.23. The first kappa shape index (κ1) is 11.4. The van der Waals surface area contributed by atoms with Gasteiger partial charge in [-0.3, -0.25) is 0 Å². The highest BCUT2D eigenvalue weighted by atomic mass is 16.5. The van der Waals surface area contributed by atoms with Crippen molar-refractivity contribution >= 4 is 0 Å². The summed E-state index contributed by atoms with van der Waals surface area (Å²) in [7, 11) is 0. The molecule has 2 N–H and O–H groups in total. The van der Waals surface area contributed by atoms with Crippen LogP contribution in [0.4, 0.5) is 0 Å². The number of imidazole rings is 1. The summed E-state index contributed by atoms with van der Waals surface area (Å²) in [4.78, 5) is 11.5. The Morgan fingerprint density at radius 3 is 3.06 bits per heavy atom. The van der Waals surface area contributed by atoms with Gasteiger partial charge in [0.25, 0.3) is 0 Å². The fourth-order valence-electron chi connectivity index (χ4n) is 2.47. The molecule has 0 saturated carbocycles. The lowest BCUT2D eigenvalue weighted by molar-refractivity contribution is 0.146. The summed E-state index contributed by atoms with van der Waals surface area (Å²) in [5.74, 6) is 1.79. The zero-order valence-electron chi connectivity index (χ0n) is 10.6. The molecule has 0 amide bonds. The SMILES string of the molecule is CC1(C)CCCNC1c1nc(-c2ncc[nH]2)no1. The minimum absolute atomic E-state index is 0.113. The van der Waals surface area contributed by atoms with E-state index in [9.17, 15) is 0 Å². The Morgan fingerprint density at radius 1 is 1.44 bits per heavy atom. The number of hydrogen-bond donors (Lipinski definition) is 2. The molecule has 3 rings (SSSR count). The molecule has 0 spiro atoms. The van der Waals surface area contributed by atoms with Gasteiger partial charge in [0.1, 0.15) is 0 Å². The van der Waals surface area contributed by atoms with Gasteiger partial charge in [-0.2, -0.15) is 4.98 Å². The van der Waals surface area contributed by atoms with Gasteiger partial charge in [0.05, 0.1) is 6.04 Å². The van der Waals surface area contributed by atoms with Crippen molar-refractivity contribution in [3.8, 4) is 11.6 Å². The maximum Gasteiger partial charge on any atom is 0.244 e. The number of nitrogens with zero attached hydrogens (tertiary/aromatic N) is 3. The lowest BCUT2D eigenvalue weighted by Crippen LogP contribution is -2.39. The Kier molecular flexibility index (Phi) is 2.66. The van der Waals surface area contributed by atoms with E-state index in [0.717, 1.165) is 13.0 Å². The van der Waals surface area contributed by atoms with E-state index in [1.54, 1.807) is 12.4 Å². The van der Waals surface area contributed by atoms with Crippen LogP contribution in [-0.4, -0.2) is 26.7 Å². The summed E-state index contributed by atoms with van der Waals surface area (Å²) >= 11 is 0. The van der Waals surface area contributed by atoms with Crippen LogP contribution < -0.4 is 5.32 Å². The second-order valence-corrected chi connectivity index (χ2v) is 5.37. The van der Waals surface area contributed by atoms with Crippen LogP contribution in [0.5, 0.6) is 0 Å². The zero-order valence-corrected chi connectivity index (χ0v) is 10.6. The van der Waals surface area contributed by atoms with Gasteiger partial charge in [0.15, 0.2) is 5.82 Å². The molecular weight excluding hydrogens is 230 g/mol. The van der Waals surface area contributed by atoms with Crippen molar-refractivity contribution in [1.82, 2.24) is 25.4 Å². The minimum atomic E-state index is 0.113. The van der Waals surface area contributed by atoms with Crippen LogP contribution >= 0.6 is 0 Å². The number of hydrogen-bond acceptors (Lipinski definition) is 5. The van der Waals surface area contributed by atoms with Gasteiger partial charge in [-0.05, 0) is 24.8 Å². The van der Waals surface area contributed by atoms with E-state index in [2.05, 4.69) is 39.3 Å². The first-order valence-electron chi connectivity index (χ1n) is 6.23. The molecule has 1 fully saturated rings. The molecule has 1 aliphatic heterocycles. The van der Waals surface area contributed by atoms with Gasteiger partial charge in [-0.15, -0.1) is 0 Å².